The second-order valence-electron chi connectivity index (χ2n) is 4.73. The molecule has 0 N–H and O–H groups in total. The summed E-state index contributed by atoms with van der Waals surface area (Å²) in [5, 5.41) is 11.0. The predicted octanol–water partition coefficient (Wildman–Crippen LogP) is 3.41. The number of hydrogen-bond acceptors (Lipinski definition) is 5. The van der Waals surface area contributed by atoms with E-state index >= 15 is 0 Å². The molecule has 0 bridgehead atoms. The molecule has 23 heavy (non-hydrogen) atoms. The van der Waals surface area contributed by atoms with E-state index in [1.54, 1.807) is 24.3 Å². The van der Waals surface area contributed by atoms with Crippen molar-refractivity contribution in [3.05, 3.63) is 69.0 Å². The van der Waals surface area contributed by atoms with Gasteiger partial charge in [-0.3, -0.25) is 10.1 Å². The predicted molar refractivity (Wildman–Crippen MR) is 79.9 cm³/mol. The number of rotatable bonds is 5. The van der Waals surface area contributed by atoms with Crippen LogP contribution in [-0.4, -0.2) is 18.0 Å². The van der Waals surface area contributed by atoms with E-state index in [0.717, 1.165) is 11.6 Å². The number of nitro benzene ring substituents is 1. The minimum atomic E-state index is -0.884. The van der Waals surface area contributed by atoms with E-state index in [-0.39, 0.29) is 23.5 Å². The summed E-state index contributed by atoms with van der Waals surface area (Å²) in [6.07, 6.45) is 0. The lowest BCUT2D eigenvalue weighted by Crippen LogP contribution is -2.12. The Kier molecular flexibility index (Phi) is 4.90. The fourth-order valence-electron chi connectivity index (χ4n) is 2.09. The first-order chi connectivity index (χ1) is 11.0. The van der Waals surface area contributed by atoms with Crippen LogP contribution in [0.15, 0.2) is 36.4 Å². The van der Waals surface area contributed by atoms with Gasteiger partial charge in [0.05, 0.1) is 18.1 Å². The fourth-order valence-corrected chi connectivity index (χ4v) is 2.09. The number of nitrogens with zero attached hydrogens (tertiary/aromatic N) is 1. The first kappa shape index (κ1) is 16.4. The maximum Gasteiger partial charge on any atom is 0.342 e. The smallest absolute Gasteiger partial charge is 0.342 e. The number of carbonyl (C=O) groups is 1. The van der Waals surface area contributed by atoms with E-state index < -0.39 is 22.4 Å². The zero-order valence-corrected chi connectivity index (χ0v) is 12.5. The van der Waals surface area contributed by atoms with Gasteiger partial charge in [-0.05, 0) is 12.5 Å². The van der Waals surface area contributed by atoms with Gasteiger partial charge >= 0.3 is 11.7 Å². The van der Waals surface area contributed by atoms with Crippen molar-refractivity contribution in [1.29, 1.82) is 0 Å². The highest BCUT2D eigenvalue weighted by Gasteiger charge is 2.29. The quantitative estimate of drug-likeness (QED) is 0.479. The molecule has 120 valence electrons. The Bertz CT molecular complexity index is 746. The van der Waals surface area contributed by atoms with E-state index in [2.05, 4.69) is 0 Å². The van der Waals surface area contributed by atoms with Gasteiger partial charge in [0.1, 0.15) is 18.0 Å². The molecule has 0 atom stereocenters. The SMILES string of the molecule is COc1c([N+](=O)[O-])cc(F)c(C)c1C(=O)OCc1ccccc1. The van der Waals surface area contributed by atoms with Gasteiger partial charge in [-0.15, -0.1) is 0 Å². The summed E-state index contributed by atoms with van der Waals surface area (Å²) in [5.41, 5.74) is -0.230. The van der Waals surface area contributed by atoms with E-state index in [4.69, 9.17) is 9.47 Å². The maximum atomic E-state index is 13.9. The standard InChI is InChI=1S/C16H14FNO5/c1-10-12(17)8-13(18(20)21)15(22-2)14(10)16(19)23-9-11-6-4-3-5-7-11/h3-8H,9H2,1-2H3. The summed E-state index contributed by atoms with van der Waals surface area (Å²) in [7, 11) is 1.17. The molecule has 0 radical (unpaired) electrons. The number of benzene rings is 2. The monoisotopic (exact) mass is 319 g/mol. The Balaban J connectivity index is 2.37. The van der Waals surface area contributed by atoms with E-state index in [0.29, 0.717) is 0 Å². The number of hydrogen-bond donors (Lipinski definition) is 0. The molecule has 0 aromatic heterocycles. The maximum absolute atomic E-state index is 13.9. The zero-order chi connectivity index (χ0) is 17.0. The zero-order valence-electron chi connectivity index (χ0n) is 12.5. The van der Waals surface area contributed by atoms with Gasteiger partial charge in [-0.2, -0.15) is 0 Å². The molecule has 0 saturated carbocycles. The van der Waals surface area contributed by atoms with Gasteiger partial charge in [0, 0.05) is 5.56 Å². The van der Waals surface area contributed by atoms with Gasteiger partial charge in [0.25, 0.3) is 0 Å². The molecule has 6 nitrogen and oxygen atoms in total. The number of carbonyl (C=O) groups excluding carboxylic acids is 1. The summed E-state index contributed by atoms with van der Waals surface area (Å²) < 4.78 is 23.9. The van der Waals surface area contributed by atoms with Crippen LogP contribution >= 0.6 is 0 Å². The summed E-state index contributed by atoms with van der Waals surface area (Å²) in [6, 6.07) is 9.61. The first-order valence-electron chi connectivity index (χ1n) is 6.68. The second-order valence-corrected chi connectivity index (χ2v) is 4.73. The Morgan fingerprint density at radius 1 is 1.30 bits per heavy atom. The summed E-state index contributed by atoms with van der Waals surface area (Å²) >= 11 is 0. The molecule has 0 saturated heterocycles. The lowest BCUT2D eigenvalue weighted by molar-refractivity contribution is -0.386. The van der Waals surface area contributed by atoms with Gasteiger partial charge in [0.2, 0.25) is 5.75 Å². The van der Waals surface area contributed by atoms with Crippen LogP contribution in [0, 0.1) is 22.9 Å². The summed E-state index contributed by atoms with van der Waals surface area (Å²) in [4.78, 5) is 22.4. The summed E-state index contributed by atoms with van der Waals surface area (Å²) in [6.45, 7) is 1.30. The van der Waals surface area contributed by atoms with Crippen molar-refractivity contribution in [2.24, 2.45) is 0 Å². The average molecular weight is 319 g/mol. The molecule has 0 heterocycles. The molecule has 2 aromatic carbocycles. The van der Waals surface area contributed by atoms with Crippen molar-refractivity contribution in [2.75, 3.05) is 7.11 Å². The fraction of sp³-hybridized carbons (Fsp3) is 0.188. The van der Waals surface area contributed by atoms with E-state index in [1.807, 2.05) is 6.07 Å². The third-order valence-corrected chi connectivity index (χ3v) is 3.27. The summed E-state index contributed by atoms with van der Waals surface area (Å²) in [5.74, 6) is -2.07. The van der Waals surface area contributed by atoms with Gasteiger partial charge < -0.3 is 9.47 Å². The van der Waals surface area contributed by atoms with Crippen molar-refractivity contribution in [2.45, 2.75) is 13.5 Å². The van der Waals surface area contributed by atoms with Crippen LogP contribution in [0.3, 0.4) is 0 Å². The normalized spacial score (nSPS) is 10.2. The van der Waals surface area contributed by atoms with Crippen LogP contribution in [0.1, 0.15) is 21.5 Å². The molecular weight excluding hydrogens is 305 g/mol. The highest BCUT2D eigenvalue weighted by atomic mass is 19.1. The molecular formula is C16H14FNO5. The number of nitro groups is 1. The average Bonchev–Trinajstić information content (AvgIpc) is 2.55. The number of esters is 1. The lowest BCUT2D eigenvalue weighted by Gasteiger charge is -2.12. The van der Waals surface area contributed by atoms with Crippen LogP contribution in [0.25, 0.3) is 0 Å². The molecule has 0 unspecified atom stereocenters. The van der Waals surface area contributed by atoms with Gasteiger partial charge in [0.15, 0.2) is 0 Å². The highest BCUT2D eigenvalue weighted by molar-refractivity contribution is 5.95. The van der Waals surface area contributed by atoms with Gasteiger partial charge in [-0.25, -0.2) is 9.18 Å². The molecule has 0 aliphatic carbocycles. The number of halogens is 1. The minimum Gasteiger partial charge on any atom is -0.490 e. The molecule has 2 aromatic rings. The number of ether oxygens (including phenoxy) is 2. The Hall–Kier alpha value is -2.96. The third-order valence-electron chi connectivity index (χ3n) is 3.27. The Morgan fingerprint density at radius 3 is 2.52 bits per heavy atom. The molecule has 0 aliphatic heterocycles. The van der Waals surface area contributed by atoms with Crippen molar-refractivity contribution in [1.82, 2.24) is 0 Å². The highest BCUT2D eigenvalue weighted by Crippen LogP contribution is 2.35. The largest absolute Gasteiger partial charge is 0.490 e. The van der Waals surface area contributed by atoms with Crippen LogP contribution in [0.2, 0.25) is 0 Å². The van der Waals surface area contributed by atoms with Crippen LogP contribution in [0.5, 0.6) is 5.75 Å². The lowest BCUT2D eigenvalue weighted by atomic mass is 10.1. The third kappa shape index (κ3) is 3.45. The Labute approximate surface area is 131 Å². The second kappa shape index (κ2) is 6.87. The molecule has 7 heteroatoms. The van der Waals surface area contributed by atoms with Crippen LogP contribution in [-0.2, 0) is 11.3 Å². The van der Waals surface area contributed by atoms with Crippen molar-refractivity contribution in [3.63, 3.8) is 0 Å². The van der Waals surface area contributed by atoms with Gasteiger partial charge in [-0.1, -0.05) is 30.3 Å². The van der Waals surface area contributed by atoms with E-state index in [1.165, 1.54) is 14.0 Å². The molecule has 0 spiro atoms. The van der Waals surface area contributed by atoms with Crippen molar-refractivity contribution in [3.8, 4) is 5.75 Å². The van der Waals surface area contributed by atoms with Crippen LogP contribution < -0.4 is 4.74 Å². The van der Waals surface area contributed by atoms with E-state index in [9.17, 15) is 19.3 Å². The first-order valence-corrected chi connectivity index (χ1v) is 6.68. The van der Waals surface area contributed by atoms with Crippen molar-refractivity contribution >= 4 is 11.7 Å². The Morgan fingerprint density at radius 2 is 1.96 bits per heavy atom. The molecule has 2 rings (SSSR count). The number of methoxy groups -OCH3 is 1. The molecule has 0 aliphatic rings. The topological polar surface area (TPSA) is 78.7 Å². The van der Waals surface area contributed by atoms with Crippen molar-refractivity contribution < 1.29 is 23.6 Å². The minimum absolute atomic E-state index is 0.0351. The molecule has 0 fully saturated rings. The van der Waals surface area contributed by atoms with Crippen LogP contribution in [0.4, 0.5) is 10.1 Å². The molecule has 0 amide bonds.